The van der Waals surface area contributed by atoms with E-state index in [-0.39, 0.29) is 5.92 Å². The summed E-state index contributed by atoms with van der Waals surface area (Å²) < 4.78 is 0. The van der Waals surface area contributed by atoms with Gasteiger partial charge in [0.25, 0.3) is 0 Å². The largest absolute Gasteiger partial charge is 0.462 e. The Hall–Kier alpha value is -0.680. The number of unbranched alkanes of at least 4 members (excludes halogenated alkanes) is 1. The Morgan fingerprint density at radius 3 is 2.50 bits per heavy atom. The Morgan fingerprint density at radius 1 is 1.50 bits per heavy atom. The van der Waals surface area contributed by atoms with Crippen molar-refractivity contribution in [1.82, 2.24) is 0 Å². The number of hydrogen-bond acceptors (Lipinski definition) is 2. The average molecular weight is 170 g/mol. The number of aliphatic hydroxyl groups is 2. The summed E-state index contributed by atoms with van der Waals surface area (Å²) in [6.45, 7) is 5.69. The minimum Gasteiger partial charge on any atom is -0.462 e. The second-order valence-electron chi connectivity index (χ2n) is 3.43. The molecule has 0 aliphatic rings. The molecule has 0 aromatic carbocycles. The molecule has 0 radical (unpaired) electrons. The minimum atomic E-state index is -1.05. The van der Waals surface area contributed by atoms with Gasteiger partial charge in [0.1, 0.15) is 11.7 Å². The lowest BCUT2D eigenvalue weighted by Gasteiger charge is -2.24. The van der Waals surface area contributed by atoms with Crippen molar-refractivity contribution < 1.29 is 10.2 Å². The van der Waals surface area contributed by atoms with E-state index in [2.05, 4.69) is 12.8 Å². The first kappa shape index (κ1) is 11.3. The van der Waals surface area contributed by atoms with E-state index >= 15 is 0 Å². The topological polar surface area (TPSA) is 40.5 Å². The monoisotopic (exact) mass is 170 g/mol. The van der Waals surface area contributed by atoms with Crippen molar-refractivity contribution >= 4 is 0 Å². The van der Waals surface area contributed by atoms with E-state index in [1.54, 1.807) is 13.0 Å². The van der Waals surface area contributed by atoms with Crippen molar-refractivity contribution in [3.05, 3.63) is 0 Å². The van der Waals surface area contributed by atoms with Gasteiger partial charge in [-0.05, 0) is 25.2 Å². The van der Waals surface area contributed by atoms with Gasteiger partial charge in [0, 0.05) is 0 Å². The summed E-state index contributed by atoms with van der Waals surface area (Å²) in [6, 6.07) is 0. The van der Waals surface area contributed by atoms with Crippen molar-refractivity contribution in [1.29, 1.82) is 0 Å². The molecule has 0 fully saturated rings. The van der Waals surface area contributed by atoms with E-state index in [1.807, 2.05) is 6.92 Å². The zero-order valence-corrected chi connectivity index (χ0v) is 8.09. The highest BCUT2D eigenvalue weighted by Gasteiger charge is 2.25. The maximum atomic E-state index is 9.68. The number of aliphatic hydroxyl groups excluding tert-OH is 1. The van der Waals surface area contributed by atoms with Crippen LogP contribution in [0.15, 0.2) is 0 Å². The summed E-state index contributed by atoms with van der Waals surface area (Å²) in [5.41, 5.74) is -1.05. The fourth-order valence-electron chi connectivity index (χ4n) is 1.03. The van der Waals surface area contributed by atoms with Gasteiger partial charge in [0.15, 0.2) is 0 Å². The van der Waals surface area contributed by atoms with Crippen LogP contribution in [0.3, 0.4) is 0 Å². The molecule has 0 aliphatic carbocycles. The van der Waals surface area contributed by atoms with Crippen molar-refractivity contribution in [2.24, 2.45) is 5.92 Å². The summed E-state index contributed by atoms with van der Waals surface area (Å²) in [5.74, 6) is 2.50. The van der Waals surface area contributed by atoms with Gasteiger partial charge in [-0.15, -0.1) is 0 Å². The third kappa shape index (κ3) is 3.64. The second kappa shape index (κ2) is 5.05. The van der Waals surface area contributed by atoms with Gasteiger partial charge in [0.05, 0.1) is 0 Å². The molecule has 2 atom stereocenters. The van der Waals surface area contributed by atoms with Gasteiger partial charge in [-0.25, -0.2) is 0 Å². The molecule has 2 N–H and O–H groups in total. The maximum Gasteiger partial charge on any atom is 0.128 e. The molecule has 0 amide bonds. The quantitative estimate of drug-likeness (QED) is 0.633. The Labute approximate surface area is 74.6 Å². The van der Waals surface area contributed by atoms with Crippen molar-refractivity contribution in [2.45, 2.75) is 45.6 Å². The van der Waals surface area contributed by atoms with Crippen LogP contribution >= 0.6 is 0 Å². The fraction of sp³-hybridized carbons (Fsp3) is 0.800. The molecular formula is C10H18O2. The van der Waals surface area contributed by atoms with Crippen LogP contribution in [-0.2, 0) is 0 Å². The van der Waals surface area contributed by atoms with E-state index in [0.29, 0.717) is 0 Å². The van der Waals surface area contributed by atoms with E-state index < -0.39 is 5.60 Å². The lowest BCUT2D eigenvalue weighted by molar-refractivity contribution is 0.0584. The van der Waals surface area contributed by atoms with Gasteiger partial charge < -0.3 is 10.2 Å². The SMILES string of the molecule is CCCCC(C)C(C)(O)C#CO. The maximum absolute atomic E-state index is 9.68. The average Bonchev–Trinajstić information content (AvgIpc) is 2.00. The third-order valence-electron chi connectivity index (χ3n) is 2.26. The van der Waals surface area contributed by atoms with Gasteiger partial charge >= 0.3 is 0 Å². The predicted octanol–water partition coefficient (Wildman–Crippen LogP) is 1.90. The minimum absolute atomic E-state index is 0.108. The van der Waals surface area contributed by atoms with Gasteiger partial charge in [0.2, 0.25) is 0 Å². The first-order valence-corrected chi connectivity index (χ1v) is 4.43. The standard InChI is InChI=1S/C10H18O2/c1-4-5-6-9(2)10(3,12)7-8-11/h9,11-12H,4-6H2,1-3H3. The zero-order valence-electron chi connectivity index (χ0n) is 8.09. The molecular weight excluding hydrogens is 152 g/mol. The van der Waals surface area contributed by atoms with Gasteiger partial charge in [-0.2, -0.15) is 0 Å². The molecule has 0 saturated heterocycles. The fourth-order valence-corrected chi connectivity index (χ4v) is 1.03. The molecule has 2 unspecified atom stereocenters. The summed E-state index contributed by atoms with van der Waals surface area (Å²) in [7, 11) is 0. The molecule has 70 valence electrons. The van der Waals surface area contributed by atoms with Gasteiger partial charge in [-0.1, -0.05) is 26.7 Å². The molecule has 2 heteroatoms. The Bertz CT molecular complexity index is 174. The van der Waals surface area contributed by atoms with Crippen LogP contribution in [0.2, 0.25) is 0 Å². The van der Waals surface area contributed by atoms with Crippen LogP contribution in [0.25, 0.3) is 0 Å². The Kier molecular flexibility index (Phi) is 4.77. The normalized spacial score (nSPS) is 17.3. The van der Waals surface area contributed by atoms with Crippen LogP contribution in [0, 0.1) is 17.9 Å². The lowest BCUT2D eigenvalue weighted by atomic mass is 9.87. The molecule has 0 spiro atoms. The van der Waals surface area contributed by atoms with Crippen LogP contribution in [-0.4, -0.2) is 15.8 Å². The van der Waals surface area contributed by atoms with Crippen LogP contribution in [0.1, 0.15) is 40.0 Å². The van der Waals surface area contributed by atoms with Crippen molar-refractivity contribution in [3.63, 3.8) is 0 Å². The number of rotatable bonds is 4. The van der Waals surface area contributed by atoms with Crippen LogP contribution < -0.4 is 0 Å². The molecule has 0 bridgehead atoms. The summed E-state index contributed by atoms with van der Waals surface area (Å²) in [4.78, 5) is 0. The summed E-state index contributed by atoms with van der Waals surface area (Å²) in [6.07, 6.45) is 4.91. The summed E-state index contributed by atoms with van der Waals surface area (Å²) in [5, 5.41) is 18.0. The first-order valence-electron chi connectivity index (χ1n) is 4.43. The highest BCUT2D eigenvalue weighted by Crippen LogP contribution is 2.21. The molecule has 12 heavy (non-hydrogen) atoms. The summed E-state index contributed by atoms with van der Waals surface area (Å²) >= 11 is 0. The van der Waals surface area contributed by atoms with Crippen molar-refractivity contribution in [3.8, 4) is 12.0 Å². The molecule has 0 aliphatic heterocycles. The van der Waals surface area contributed by atoms with E-state index in [4.69, 9.17) is 5.11 Å². The predicted molar refractivity (Wildman–Crippen MR) is 49.0 cm³/mol. The molecule has 0 aromatic heterocycles. The molecule has 2 nitrogen and oxygen atoms in total. The van der Waals surface area contributed by atoms with E-state index in [1.165, 1.54) is 0 Å². The third-order valence-corrected chi connectivity index (χ3v) is 2.26. The van der Waals surface area contributed by atoms with Gasteiger partial charge in [-0.3, -0.25) is 0 Å². The Balaban J connectivity index is 4.02. The highest BCUT2D eigenvalue weighted by atomic mass is 16.3. The smallest absolute Gasteiger partial charge is 0.128 e. The van der Waals surface area contributed by atoms with E-state index in [9.17, 15) is 5.11 Å². The lowest BCUT2D eigenvalue weighted by Crippen LogP contribution is -2.30. The van der Waals surface area contributed by atoms with E-state index in [0.717, 1.165) is 19.3 Å². The van der Waals surface area contributed by atoms with Crippen LogP contribution in [0.5, 0.6) is 0 Å². The molecule has 0 saturated carbocycles. The second-order valence-corrected chi connectivity index (χ2v) is 3.43. The Morgan fingerprint density at radius 2 is 2.08 bits per heavy atom. The zero-order chi connectivity index (χ0) is 9.61. The molecule has 0 aromatic rings. The van der Waals surface area contributed by atoms with Crippen LogP contribution in [0.4, 0.5) is 0 Å². The number of hydrogen-bond donors (Lipinski definition) is 2. The van der Waals surface area contributed by atoms with Crippen molar-refractivity contribution in [2.75, 3.05) is 0 Å². The molecule has 0 rings (SSSR count). The first-order chi connectivity index (χ1) is 5.54. The highest BCUT2D eigenvalue weighted by molar-refractivity contribution is 5.09. The molecule has 0 heterocycles.